The molecule has 0 N–H and O–H groups in total. The van der Waals surface area contributed by atoms with Crippen molar-refractivity contribution >= 4 is 17.8 Å². The number of likely N-dealkylation sites (tertiary alicyclic amines) is 1. The molecule has 146 valence electrons. The number of unbranched alkanes of at least 4 members (excludes halogenated alkanes) is 1. The number of hydrogen-bond acceptors (Lipinski definition) is 4. The first-order valence-corrected chi connectivity index (χ1v) is 9.72. The summed E-state index contributed by atoms with van der Waals surface area (Å²) in [5.41, 5.74) is 2.40. The normalized spacial score (nSPS) is 17.6. The van der Waals surface area contributed by atoms with Crippen LogP contribution in [0.15, 0.2) is 54.6 Å². The van der Waals surface area contributed by atoms with Crippen LogP contribution in [0.4, 0.5) is 0 Å². The van der Waals surface area contributed by atoms with Crippen molar-refractivity contribution in [3.8, 4) is 0 Å². The standard InChI is InChI=1S/C23H25NO4/c1-3-4-8-17-11-13-19(14-12-17)23(27)28-20-15-21(25)24(22(20)26)16(2)18-9-6-5-7-10-18/h5-7,9-14,16,20H,3-4,8,15H2,1-2H3/t16-,20-/m1/s1. The summed E-state index contributed by atoms with van der Waals surface area (Å²) in [5, 5.41) is 0. The fourth-order valence-electron chi connectivity index (χ4n) is 3.39. The van der Waals surface area contributed by atoms with Crippen molar-refractivity contribution in [2.24, 2.45) is 0 Å². The Bertz CT molecular complexity index is 845. The monoisotopic (exact) mass is 379 g/mol. The summed E-state index contributed by atoms with van der Waals surface area (Å²) in [6, 6.07) is 16.1. The molecule has 0 unspecified atom stereocenters. The highest BCUT2D eigenvalue weighted by Gasteiger charge is 2.43. The minimum absolute atomic E-state index is 0.115. The molecule has 5 nitrogen and oxygen atoms in total. The van der Waals surface area contributed by atoms with Crippen LogP contribution in [-0.4, -0.2) is 28.8 Å². The molecular formula is C23H25NO4. The predicted molar refractivity (Wildman–Crippen MR) is 106 cm³/mol. The number of nitrogens with zero attached hydrogens (tertiary/aromatic N) is 1. The quantitative estimate of drug-likeness (QED) is 0.537. The van der Waals surface area contributed by atoms with Crippen molar-refractivity contribution in [1.29, 1.82) is 0 Å². The van der Waals surface area contributed by atoms with Crippen LogP contribution < -0.4 is 0 Å². The number of rotatable bonds is 7. The van der Waals surface area contributed by atoms with E-state index in [1.165, 1.54) is 4.90 Å². The van der Waals surface area contributed by atoms with Crippen LogP contribution in [0.25, 0.3) is 0 Å². The van der Waals surface area contributed by atoms with E-state index in [4.69, 9.17) is 4.74 Å². The average molecular weight is 379 g/mol. The summed E-state index contributed by atoms with van der Waals surface area (Å²) in [6.45, 7) is 3.93. The lowest BCUT2D eigenvalue weighted by atomic mass is 10.1. The zero-order chi connectivity index (χ0) is 20.1. The van der Waals surface area contributed by atoms with Gasteiger partial charge in [0.05, 0.1) is 18.0 Å². The molecule has 5 heteroatoms. The second-order valence-corrected chi connectivity index (χ2v) is 7.09. The first kappa shape index (κ1) is 19.8. The van der Waals surface area contributed by atoms with Crippen LogP contribution >= 0.6 is 0 Å². The maximum atomic E-state index is 12.7. The predicted octanol–water partition coefficient (Wildman–Crippen LogP) is 4.07. The van der Waals surface area contributed by atoms with E-state index in [-0.39, 0.29) is 12.3 Å². The molecule has 2 aromatic carbocycles. The molecule has 0 radical (unpaired) electrons. The molecular weight excluding hydrogens is 354 g/mol. The molecule has 1 fully saturated rings. The minimum Gasteiger partial charge on any atom is -0.448 e. The summed E-state index contributed by atoms with van der Waals surface area (Å²) in [5.74, 6) is -1.37. The highest BCUT2D eigenvalue weighted by molar-refractivity contribution is 6.06. The van der Waals surface area contributed by atoms with Gasteiger partial charge < -0.3 is 4.74 Å². The fourth-order valence-corrected chi connectivity index (χ4v) is 3.39. The van der Waals surface area contributed by atoms with Gasteiger partial charge in [-0.15, -0.1) is 0 Å². The van der Waals surface area contributed by atoms with Crippen molar-refractivity contribution in [3.63, 3.8) is 0 Å². The Hall–Kier alpha value is -2.95. The number of imide groups is 1. The van der Waals surface area contributed by atoms with Gasteiger partial charge in [0, 0.05) is 0 Å². The van der Waals surface area contributed by atoms with Gasteiger partial charge in [0.2, 0.25) is 5.91 Å². The van der Waals surface area contributed by atoms with Gasteiger partial charge in [-0.1, -0.05) is 55.8 Å². The molecule has 3 rings (SSSR count). The van der Waals surface area contributed by atoms with Gasteiger partial charge in [0.25, 0.3) is 5.91 Å². The van der Waals surface area contributed by atoms with Crippen molar-refractivity contribution in [3.05, 3.63) is 71.3 Å². The maximum absolute atomic E-state index is 12.7. The topological polar surface area (TPSA) is 63.7 Å². The molecule has 0 bridgehead atoms. The Morgan fingerprint density at radius 2 is 1.79 bits per heavy atom. The highest BCUT2D eigenvalue weighted by atomic mass is 16.5. The Balaban J connectivity index is 1.65. The maximum Gasteiger partial charge on any atom is 0.338 e. The van der Waals surface area contributed by atoms with Gasteiger partial charge >= 0.3 is 5.97 Å². The molecule has 1 aliphatic rings. The zero-order valence-electron chi connectivity index (χ0n) is 16.3. The smallest absolute Gasteiger partial charge is 0.338 e. The van der Waals surface area contributed by atoms with Crippen molar-refractivity contribution in [2.45, 2.75) is 51.7 Å². The van der Waals surface area contributed by atoms with E-state index in [0.29, 0.717) is 5.56 Å². The van der Waals surface area contributed by atoms with E-state index >= 15 is 0 Å². The molecule has 0 spiro atoms. The van der Waals surface area contributed by atoms with Crippen molar-refractivity contribution in [1.82, 2.24) is 4.90 Å². The number of ether oxygens (including phenoxy) is 1. The van der Waals surface area contributed by atoms with Gasteiger partial charge in [0.15, 0.2) is 6.10 Å². The number of carbonyl (C=O) groups excluding carboxylic acids is 3. The van der Waals surface area contributed by atoms with Crippen molar-refractivity contribution < 1.29 is 19.1 Å². The van der Waals surface area contributed by atoms with E-state index < -0.39 is 24.0 Å². The molecule has 2 aromatic rings. The minimum atomic E-state index is -1.06. The Morgan fingerprint density at radius 3 is 2.43 bits per heavy atom. The first-order valence-electron chi connectivity index (χ1n) is 9.72. The van der Waals surface area contributed by atoms with Gasteiger partial charge in [-0.25, -0.2) is 4.79 Å². The number of hydrogen-bond donors (Lipinski definition) is 0. The molecule has 0 saturated carbocycles. The summed E-state index contributed by atoms with van der Waals surface area (Å²) >= 11 is 0. The third-order valence-electron chi connectivity index (χ3n) is 5.07. The summed E-state index contributed by atoms with van der Waals surface area (Å²) < 4.78 is 5.37. The van der Waals surface area contributed by atoms with E-state index in [9.17, 15) is 14.4 Å². The van der Waals surface area contributed by atoms with E-state index in [2.05, 4.69) is 6.92 Å². The van der Waals surface area contributed by atoms with Crippen LogP contribution in [0.2, 0.25) is 0 Å². The zero-order valence-corrected chi connectivity index (χ0v) is 16.3. The second kappa shape index (κ2) is 8.83. The van der Waals surface area contributed by atoms with Crippen LogP contribution in [0.1, 0.15) is 60.6 Å². The van der Waals surface area contributed by atoms with E-state index in [1.807, 2.05) is 42.5 Å². The molecule has 1 saturated heterocycles. The molecule has 0 aliphatic carbocycles. The molecule has 0 aromatic heterocycles. The lowest BCUT2D eigenvalue weighted by Gasteiger charge is -2.23. The SMILES string of the molecule is CCCCc1ccc(C(=O)O[C@@H]2CC(=O)N([C@H](C)c3ccccc3)C2=O)cc1. The van der Waals surface area contributed by atoms with Crippen molar-refractivity contribution in [2.75, 3.05) is 0 Å². The highest BCUT2D eigenvalue weighted by Crippen LogP contribution is 2.28. The lowest BCUT2D eigenvalue weighted by molar-refractivity contribution is -0.143. The fraction of sp³-hybridized carbons (Fsp3) is 0.348. The van der Waals surface area contributed by atoms with Gasteiger partial charge in [-0.2, -0.15) is 0 Å². The molecule has 1 aliphatic heterocycles. The number of aryl methyl sites for hydroxylation is 1. The Morgan fingerprint density at radius 1 is 1.11 bits per heavy atom. The Kier molecular flexibility index (Phi) is 6.24. The molecule has 28 heavy (non-hydrogen) atoms. The molecule has 2 amide bonds. The largest absolute Gasteiger partial charge is 0.448 e. The Labute approximate surface area is 165 Å². The van der Waals surface area contributed by atoms with Gasteiger partial charge in [-0.05, 0) is 43.0 Å². The summed E-state index contributed by atoms with van der Waals surface area (Å²) in [4.78, 5) is 38.7. The van der Waals surface area contributed by atoms with Crippen LogP contribution in [0.3, 0.4) is 0 Å². The van der Waals surface area contributed by atoms with Crippen LogP contribution in [0.5, 0.6) is 0 Å². The van der Waals surface area contributed by atoms with E-state index in [1.54, 1.807) is 19.1 Å². The molecule has 1 heterocycles. The number of amides is 2. The van der Waals surface area contributed by atoms with Gasteiger partial charge in [0.1, 0.15) is 0 Å². The lowest BCUT2D eigenvalue weighted by Crippen LogP contribution is -2.35. The van der Waals surface area contributed by atoms with Crippen LogP contribution in [-0.2, 0) is 20.7 Å². The van der Waals surface area contributed by atoms with E-state index in [0.717, 1.165) is 30.4 Å². The number of esters is 1. The third-order valence-corrected chi connectivity index (χ3v) is 5.07. The third kappa shape index (κ3) is 4.30. The number of benzene rings is 2. The average Bonchev–Trinajstić information content (AvgIpc) is 2.99. The second-order valence-electron chi connectivity index (χ2n) is 7.09. The molecule has 2 atom stereocenters. The van der Waals surface area contributed by atoms with Crippen LogP contribution in [0, 0.1) is 0 Å². The summed E-state index contributed by atoms with van der Waals surface area (Å²) in [6.07, 6.45) is 1.99. The number of carbonyl (C=O) groups is 3. The summed E-state index contributed by atoms with van der Waals surface area (Å²) in [7, 11) is 0. The first-order chi connectivity index (χ1) is 13.5. The van der Waals surface area contributed by atoms with Gasteiger partial charge in [-0.3, -0.25) is 14.5 Å².